The highest BCUT2D eigenvalue weighted by atomic mass is 35.5. The lowest BCUT2D eigenvalue weighted by Crippen LogP contribution is -2.11. The Morgan fingerprint density at radius 3 is 2.33 bits per heavy atom. The minimum Gasteiger partial charge on any atom is -0.433 e. The Bertz CT molecular complexity index is 265. The molecule has 0 heterocycles. The van der Waals surface area contributed by atoms with Crippen molar-refractivity contribution in [1.29, 1.82) is 0 Å². The normalized spacial score (nSPS) is 8.67. The number of alkyl halides is 1. The molecule has 84 valence electrons. The minimum atomic E-state index is -0.843. The maximum Gasteiger partial charge on any atom is 0.405 e. The van der Waals surface area contributed by atoms with Gasteiger partial charge in [0.05, 0.1) is 0 Å². The molecule has 0 saturated heterocycles. The average molecular weight is 230 g/mol. The van der Waals surface area contributed by atoms with Crippen molar-refractivity contribution in [3.63, 3.8) is 0 Å². The Labute approximate surface area is 95.2 Å². The SMILES string of the molecule is CCCc1ccccc1.NC(=O)OCCl. The number of benzene rings is 1. The lowest BCUT2D eigenvalue weighted by molar-refractivity contribution is 0.175. The van der Waals surface area contributed by atoms with Crippen molar-refractivity contribution in [2.75, 3.05) is 6.07 Å². The number of carbonyl (C=O) groups excluding carboxylic acids is 1. The molecular weight excluding hydrogens is 214 g/mol. The van der Waals surface area contributed by atoms with Crippen LogP contribution in [0.1, 0.15) is 18.9 Å². The van der Waals surface area contributed by atoms with Crippen molar-refractivity contribution in [3.8, 4) is 0 Å². The number of rotatable bonds is 3. The van der Waals surface area contributed by atoms with Gasteiger partial charge in [0.25, 0.3) is 0 Å². The summed E-state index contributed by atoms with van der Waals surface area (Å²) in [6.45, 7) is 2.20. The van der Waals surface area contributed by atoms with Crippen molar-refractivity contribution in [1.82, 2.24) is 0 Å². The first-order chi connectivity index (χ1) is 7.20. The first-order valence-corrected chi connectivity index (χ1v) is 5.26. The third-order valence-corrected chi connectivity index (χ3v) is 1.69. The van der Waals surface area contributed by atoms with Crippen molar-refractivity contribution in [2.45, 2.75) is 19.8 Å². The Kier molecular flexibility index (Phi) is 8.58. The summed E-state index contributed by atoms with van der Waals surface area (Å²) in [6.07, 6.45) is 1.61. The minimum absolute atomic E-state index is 0.171. The number of ether oxygens (including phenoxy) is 1. The Balaban J connectivity index is 0.000000288. The van der Waals surface area contributed by atoms with Crippen molar-refractivity contribution >= 4 is 17.7 Å². The lowest BCUT2D eigenvalue weighted by atomic mass is 10.1. The Hall–Kier alpha value is -1.22. The average Bonchev–Trinajstić information content (AvgIpc) is 2.20. The number of halogens is 1. The molecule has 2 N–H and O–H groups in total. The predicted octanol–water partition coefficient (Wildman–Crippen LogP) is 2.92. The van der Waals surface area contributed by atoms with Gasteiger partial charge in [-0.1, -0.05) is 55.3 Å². The molecule has 0 unspecified atom stereocenters. The van der Waals surface area contributed by atoms with E-state index >= 15 is 0 Å². The number of primary amides is 1. The van der Waals surface area contributed by atoms with E-state index in [1.165, 1.54) is 18.4 Å². The standard InChI is InChI=1S/C9H12.C2H4ClNO2/c1-2-6-9-7-4-3-5-8-9;3-1-6-2(4)5/h3-5,7-8H,2,6H2,1H3;1H2,(H2,4,5). The molecule has 0 radical (unpaired) electrons. The van der Waals surface area contributed by atoms with E-state index in [9.17, 15) is 4.79 Å². The number of amides is 1. The second-order valence-corrected chi connectivity index (χ2v) is 3.03. The fourth-order valence-corrected chi connectivity index (χ4v) is 1.09. The van der Waals surface area contributed by atoms with Gasteiger partial charge in [0.2, 0.25) is 0 Å². The summed E-state index contributed by atoms with van der Waals surface area (Å²) in [5.41, 5.74) is 5.90. The number of carbonyl (C=O) groups is 1. The maximum absolute atomic E-state index is 9.51. The highest BCUT2D eigenvalue weighted by Gasteiger charge is 1.84. The number of hydrogen-bond acceptors (Lipinski definition) is 2. The molecule has 0 fully saturated rings. The zero-order valence-corrected chi connectivity index (χ0v) is 9.54. The lowest BCUT2D eigenvalue weighted by Gasteiger charge is -1.93. The van der Waals surface area contributed by atoms with Gasteiger partial charge in [-0.2, -0.15) is 0 Å². The molecule has 1 rings (SSSR count). The monoisotopic (exact) mass is 229 g/mol. The van der Waals surface area contributed by atoms with E-state index in [0.717, 1.165) is 0 Å². The molecule has 0 aliphatic rings. The predicted molar refractivity (Wildman–Crippen MR) is 61.8 cm³/mol. The largest absolute Gasteiger partial charge is 0.433 e. The number of hydrogen-bond donors (Lipinski definition) is 1. The number of nitrogens with two attached hydrogens (primary N) is 1. The van der Waals surface area contributed by atoms with Crippen LogP contribution in [0.3, 0.4) is 0 Å². The molecule has 0 bridgehead atoms. The van der Waals surface area contributed by atoms with E-state index in [2.05, 4.69) is 47.7 Å². The third kappa shape index (κ3) is 9.09. The summed E-state index contributed by atoms with van der Waals surface area (Å²) in [7, 11) is 0. The van der Waals surface area contributed by atoms with E-state index in [1.807, 2.05) is 0 Å². The molecule has 0 aliphatic heterocycles. The van der Waals surface area contributed by atoms with Gasteiger partial charge in [-0.3, -0.25) is 0 Å². The summed E-state index contributed by atoms with van der Waals surface area (Å²) in [5.74, 6) is 0. The second-order valence-electron chi connectivity index (χ2n) is 2.81. The molecule has 15 heavy (non-hydrogen) atoms. The van der Waals surface area contributed by atoms with Crippen LogP contribution in [0.5, 0.6) is 0 Å². The molecule has 0 atom stereocenters. The Morgan fingerprint density at radius 2 is 2.00 bits per heavy atom. The van der Waals surface area contributed by atoms with Gasteiger partial charge in [0.15, 0.2) is 6.07 Å². The van der Waals surface area contributed by atoms with Crippen LogP contribution in [0.15, 0.2) is 30.3 Å². The first kappa shape index (κ1) is 13.8. The molecule has 1 aromatic rings. The van der Waals surface area contributed by atoms with Crippen LogP contribution < -0.4 is 5.73 Å². The topological polar surface area (TPSA) is 52.3 Å². The highest BCUT2D eigenvalue weighted by Crippen LogP contribution is 2.00. The molecule has 3 nitrogen and oxygen atoms in total. The van der Waals surface area contributed by atoms with Gasteiger partial charge in [0.1, 0.15) is 0 Å². The van der Waals surface area contributed by atoms with Crippen molar-refractivity contribution in [3.05, 3.63) is 35.9 Å². The van der Waals surface area contributed by atoms with Gasteiger partial charge in [-0.05, 0) is 12.0 Å². The van der Waals surface area contributed by atoms with Crippen LogP contribution in [0.25, 0.3) is 0 Å². The molecule has 1 aromatic carbocycles. The zero-order chi connectivity index (χ0) is 11.5. The fraction of sp³-hybridized carbons (Fsp3) is 0.364. The quantitative estimate of drug-likeness (QED) is 0.811. The summed E-state index contributed by atoms with van der Waals surface area (Å²) in [5, 5.41) is 0. The van der Waals surface area contributed by atoms with Gasteiger partial charge >= 0.3 is 6.09 Å². The summed E-state index contributed by atoms with van der Waals surface area (Å²) < 4.78 is 3.95. The van der Waals surface area contributed by atoms with Gasteiger partial charge in [-0.15, -0.1) is 0 Å². The van der Waals surface area contributed by atoms with E-state index in [-0.39, 0.29) is 6.07 Å². The van der Waals surface area contributed by atoms with Gasteiger partial charge in [0, 0.05) is 0 Å². The summed E-state index contributed by atoms with van der Waals surface area (Å²) >= 11 is 4.87. The van der Waals surface area contributed by atoms with Crippen LogP contribution in [0.4, 0.5) is 4.79 Å². The van der Waals surface area contributed by atoms with Gasteiger partial charge < -0.3 is 10.5 Å². The molecule has 0 saturated carbocycles. The van der Waals surface area contributed by atoms with E-state index in [1.54, 1.807) is 0 Å². The fourth-order valence-electron chi connectivity index (χ4n) is 0.987. The molecule has 0 aliphatic carbocycles. The zero-order valence-electron chi connectivity index (χ0n) is 8.78. The second kappa shape index (κ2) is 9.34. The molecular formula is C11H16ClNO2. The first-order valence-electron chi connectivity index (χ1n) is 4.72. The van der Waals surface area contributed by atoms with Crippen molar-refractivity contribution in [2.24, 2.45) is 5.73 Å². The number of aryl methyl sites for hydroxylation is 1. The summed E-state index contributed by atoms with van der Waals surface area (Å²) in [4.78, 5) is 9.51. The van der Waals surface area contributed by atoms with Crippen LogP contribution in [-0.4, -0.2) is 12.2 Å². The van der Waals surface area contributed by atoms with Gasteiger partial charge in [-0.25, -0.2) is 4.79 Å². The summed E-state index contributed by atoms with van der Waals surface area (Å²) in [6, 6.07) is 10.4. The van der Waals surface area contributed by atoms with Crippen LogP contribution in [0, 0.1) is 0 Å². The van der Waals surface area contributed by atoms with E-state index < -0.39 is 6.09 Å². The Morgan fingerprint density at radius 1 is 1.40 bits per heavy atom. The highest BCUT2D eigenvalue weighted by molar-refractivity contribution is 6.17. The molecule has 0 spiro atoms. The molecule has 1 amide bonds. The van der Waals surface area contributed by atoms with E-state index in [0.29, 0.717) is 0 Å². The van der Waals surface area contributed by atoms with Crippen LogP contribution in [0.2, 0.25) is 0 Å². The maximum atomic E-state index is 9.51. The van der Waals surface area contributed by atoms with Crippen LogP contribution in [-0.2, 0) is 11.2 Å². The third-order valence-electron chi connectivity index (χ3n) is 1.58. The van der Waals surface area contributed by atoms with Crippen molar-refractivity contribution < 1.29 is 9.53 Å². The molecule has 0 aromatic heterocycles. The smallest absolute Gasteiger partial charge is 0.405 e. The molecule has 4 heteroatoms. The van der Waals surface area contributed by atoms with E-state index in [4.69, 9.17) is 11.6 Å². The van der Waals surface area contributed by atoms with Crippen LogP contribution >= 0.6 is 11.6 Å².